The monoisotopic (exact) mass is 213 g/mol. The molecule has 0 spiro atoms. The van der Waals surface area contributed by atoms with Crippen molar-refractivity contribution in [3.63, 3.8) is 0 Å². The van der Waals surface area contributed by atoms with Crippen LogP contribution in [0.3, 0.4) is 0 Å². The molecule has 0 aromatic rings. The summed E-state index contributed by atoms with van der Waals surface area (Å²) in [7, 11) is -1.36. The van der Waals surface area contributed by atoms with Gasteiger partial charge in [-0.3, -0.25) is 0 Å². The predicted octanol–water partition coefficient (Wildman–Crippen LogP) is 2.55. The van der Waals surface area contributed by atoms with Crippen molar-refractivity contribution in [3.05, 3.63) is 0 Å². The van der Waals surface area contributed by atoms with Crippen LogP contribution in [-0.4, -0.2) is 18.1 Å². The standard InChI is InChI=1S/C5H11BrO2P/c1-2-9(7)8-5-3-4-6/h2-5H2,1H3/q+1. The van der Waals surface area contributed by atoms with E-state index < -0.39 is 8.03 Å². The molecule has 0 fully saturated rings. The molecular weight excluding hydrogens is 203 g/mol. The molecule has 54 valence electrons. The molecule has 0 aliphatic carbocycles. The van der Waals surface area contributed by atoms with E-state index >= 15 is 0 Å². The van der Waals surface area contributed by atoms with Gasteiger partial charge in [-0.2, -0.15) is 0 Å². The van der Waals surface area contributed by atoms with Crippen LogP contribution >= 0.6 is 24.0 Å². The molecule has 0 aromatic heterocycles. The van der Waals surface area contributed by atoms with E-state index in [-0.39, 0.29) is 0 Å². The lowest BCUT2D eigenvalue weighted by Crippen LogP contribution is -1.87. The topological polar surface area (TPSA) is 26.3 Å². The highest BCUT2D eigenvalue weighted by atomic mass is 79.9. The summed E-state index contributed by atoms with van der Waals surface area (Å²) in [6.45, 7) is 2.46. The second-order valence-electron chi connectivity index (χ2n) is 1.52. The number of hydrogen-bond acceptors (Lipinski definition) is 2. The number of halogens is 1. The van der Waals surface area contributed by atoms with Gasteiger partial charge in [-0.05, 0) is 17.9 Å². The summed E-state index contributed by atoms with van der Waals surface area (Å²) in [4.78, 5) is 0. The zero-order valence-corrected chi connectivity index (χ0v) is 7.95. The minimum atomic E-state index is -1.36. The molecule has 0 rings (SSSR count). The SMILES string of the molecule is CC[P+](=O)OCCCBr. The second kappa shape index (κ2) is 6.66. The van der Waals surface area contributed by atoms with Crippen molar-refractivity contribution < 1.29 is 9.09 Å². The van der Waals surface area contributed by atoms with Gasteiger partial charge in [0.15, 0.2) is 6.16 Å². The summed E-state index contributed by atoms with van der Waals surface area (Å²) >= 11 is 3.25. The van der Waals surface area contributed by atoms with Crippen molar-refractivity contribution in [3.8, 4) is 0 Å². The average Bonchev–Trinajstić information content (AvgIpc) is 1.89. The first-order chi connectivity index (χ1) is 4.31. The Balaban J connectivity index is 2.97. The van der Waals surface area contributed by atoms with Gasteiger partial charge in [-0.25, -0.2) is 0 Å². The minimum Gasteiger partial charge on any atom is -0.146 e. The Morgan fingerprint density at radius 2 is 2.33 bits per heavy atom. The highest BCUT2D eigenvalue weighted by molar-refractivity contribution is 9.09. The van der Waals surface area contributed by atoms with Crippen molar-refractivity contribution >= 4 is 24.0 Å². The van der Waals surface area contributed by atoms with Crippen LogP contribution in [0.15, 0.2) is 0 Å². The fourth-order valence-corrected chi connectivity index (χ4v) is 1.06. The largest absolute Gasteiger partial charge is 0.507 e. The van der Waals surface area contributed by atoms with Gasteiger partial charge in [-0.1, -0.05) is 15.9 Å². The minimum absolute atomic E-state index is 0.605. The molecular formula is C5H11BrO2P+. The van der Waals surface area contributed by atoms with Gasteiger partial charge < -0.3 is 0 Å². The molecule has 0 radical (unpaired) electrons. The highest BCUT2D eigenvalue weighted by Crippen LogP contribution is 2.20. The van der Waals surface area contributed by atoms with Crippen LogP contribution in [0.25, 0.3) is 0 Å². The first kappa shape index (κ1) is 9.54. The zero-order chi connectivity index (χ0) is 7.11. The maximum Gasteiger partial charge on any atom is 0.507 e. The Morgan fingerprint density at radius 3 is 2.78 bits per heavy atom. The van der Waals surface area contributed by atoms with Gasteiger partial charge in [0, 0.05) is 5.33 Å². The van der Waals surface area contributed by atoms with Crippen LogP contribution < -0.4 is 0 Å². The fourth-order valence-electron chi connectivity index (χ4n) is 0.312. The third kappa shape index (κ3) is 6.42. The third-order valence-corrected chi connectivity index (χ3v) is 2.32. The van der Waals surface area contributed by atoms with Gasteiger partial charge in [0.1, 0.15) is 6.61 Å². The molecule has 0 N–H and O–H groups in total. The smallest absolute Gasteiger partial charge is 0.146 e. The van der Waals surface area contributed by atoms with Gasteiger partial charge in [-0.15, -0.1) is 4.52 Å². The molecule has 0 amide bonds. The van der Waals surface area contributed by atoms with Crippen molar-refractivity contribution in [1.29, 1.82) is 0 Å². The van der Waals surface area contributed by atoms with E-state index in [1.807, 2.05) is 6.92 Å². The summed E-state index contributed by atoms with van der Waals surface area (Å²) in [6, 6.07) is 0. The van der Waals surface area contributed by atoms with E-state index in [2.05, 4.69) is 15.9 Å². The molecule has 0 aliphatic rings. The van der Waals surface area contributed by atoms with Crippen LogP contribution in [0.2, 0.25) is 0 Å². The van der Waals surface area contributed by atoms with Gasteiger partial charge >= 0.3 is 8.03 Å². The number of hydrogen-bond donors (Lipinski definition) is 0. The predicted molar refractivity (Wildman–Crippen MR) is 42.5 cm³/mol. The Morgan fingerprint density at radius 1 is 1.67 bits per heavy atom. The lowest BCUT2D eigenvalue weighted by atomic mass is 10.5. The van der Waals surface area contributed by atoms with E-state index in [4.69, 9.17) is 4.52 Å². The lowest BCUT2D eigenvalue weighted by molar-refractivity contribution is 0.331. The maximum atomic E-state index is 10.6. The van der Waals surface area contributed by atoms with Crippen LogP contribution in [-0.2, 0) is 9.09 Å². The third-order valence-electron chi connectivity index (χ3n) is 0.771. The molecule has 9 heavy (non-hydrogen) atoms. The lowest BCUT2D eigenvalue weighted by Gasteiger charge is -1.85. The summed E-state index contributed by atoms with van der Waals surface area (Å²) < 4.78 is 15.5. The molecule has 0 saturated carbocycles. The van der Waals surface area contributed by atoms with Gasteiger partial charge in [0.25, 0.3) is 0 Å². The summed E-state index contributed by atoms with van der Waals surface area (Å²) in [6.07, 6.45) is 1.55. The quantitative estimate of drug-likeness (QED) is 0.399. The second-order valence-corrected chi connectivity index (χ2v) is 3.87. The van der Waals surface area contributed by atoms with Crippen molar-refractivity contribution in [2.75, 3.05) is 18.1 Å². The average molecular weight is 214 g/mol. The van der Waals surface area contributed by atoms with Gasteiger partial charge in [0.05, 0.1) is 0 Å². The van der Waals surface area contributed by atoms with Crippen LogP contribution in [0.5, 0.6) is 0 Å². The normalized spacial score (nSPS) is 11.6. The molecule has 0 aliphatic heterocycles. The van der Waals surface area contributed by atoms with E-state index in [1.54, 1.807) is 0 Å². The van der Waals surface area contributed by atoms with Crippen LogP contribution in [0.1, 0.15) is 13.3 Å². The zero-order valence-electron chi connectivity index (χ0n) is 5.47. The molecule has 0 heterocycles. The maximum absolute atomic E-state index is 10.6. The van der Waals surface area contributed by atoms with Crippen molar-refractivity contribution in [2.45, 2.75) is 13.3 Å². The molecule has 0 saturated heterocycles. The highest BCUT2D eigenvalue weighted by Gasteiger charge is 2.10. The summed E-state index contributed by atoms with van der Waals surface area (Å²) in [5, 5.41) is 0.917. The van der Waals surface area contributed by atoms with Crippen molar-refractivity contribution in [1.82, 2.24) is 0 Å². The number of alkyl halides is 1. The van der Waals surface area contributed by atoms with E-state index in [0.29, 0.717) is 12.8 Å². The molecule has 2 nitrogen and oxygen atoms in total. The molecule has 4 heteroatoms. The Kier molecular flexibility index (Phi) is 7.06. The Labute approximate surface area is 65.0 Å². The Bertz CT molecular complexity index is 87.0. The first-order valence-corrected chi connectivity index (χ1v) is 5.43. The molecule has 1 atom stereocenters. The van der Waals surface area contributed by atoms with Crippen molar-refractivity contribution in [2.24, 2.45) is 0 Å². The van der Waals surface area contributed by atoms with E-state index in [9.17, 15) is 4.57 Å². The van der Waals surface area contributed by atoms with E-state index in [1.165, 1.54) is 0 Å². The fraction of sp³-hybridized carbons (Fsp3) is 1.00. The molecule has 0 bridgehead atoms. The van der Waals surface area contributed by atoms with Crippen LogP contribution in [0, 0.1) is 0 Å². The van der Waals surface area contributed by atoms with Crippen LogP contribution in [0.4, 0.5) is 0 Å². The number of rotatable bonds is 5. The molecule has 0 aromatic carbocycles. The van der Waals surface area contributed by atoms with Gasteiger partial charge in [0.2, 0.25) is 0 Å². The summed E-state index contributed by atoms with van der Waals surface area (Å²) in [5.41, 5.74) is 0. The Hall–Kier alpha value is 0.540. The first-order valence-electron chi connectivity index (χ1n) is 2.94. The summed E-state index contributed by atoms with van der Waals surface area (Å²) in [5.74, 6) is 0. The van der Waals surface area contributed by atoms with E-state index in [0.717, 1.165) is 11.8 Å². The molecule has 1 unspecified atom stereocenters.